The summed E-state index contributed by atoms with van der Waals surface area (Å²) >= 11 is 1.40. The number of aliphatic carboxylic acids is 1. The summed E-state index contributed by atoms with van der Waals surface area (Å²) in [7, 11) is 1.63. The topological polar surface area (TPSA) is 59.4 Å². The van der Waals surface area contributed by atoms with Gasteiger partial charge in [0.25, 0.3) is 0 Å². The molecule has 0 saturated heterocycles. The Balaban J connectivity index is 2.51. The first kappa shape index (κ1) is 14.7. The molecule has 2 rings (SSSR count). The predicted molar refractivity (Wildman–Crippen MR) is 78.9 cm³/mol. The molecule has 5 heteroatoms. The number of thiazole rings is 1. The first-order valence-corrected chi connectivity index (χ1v) is 7.08. The Morgan fingerprint density at radius 1 is 1.35 bits per heavy atom. The molecule has 1 heterocycles. The highest BCUT2D eigenvalue weighted by Gasteiger charge is 2.27. The highest BCUT2D eigenvalue weighted by molar-refractivity contribution is 7.12. The molecule has 0 bridgehead atoms. The van der Waals surface area contributed by atoms with Crippen molar-refractivity contribution in [2.24, 2.45) is 0 Å². The SMILES string of the molecule is COC(C)(C)c1nc(-c2ccccc2)c(CC(=O)O)s1. The van der Waals surface area contributed by atoms with Crippen LogP contribution in [0.25, 0.3) is 11.3 Å². The minimum absolute atomic E-state index is 0.0261. The van der Waals surface area contributed by atoms with Crippen LogP contribution in [0.2, 0.25) is 0 Å². The third-order valence-electron chi connectivity index (χ3n) is 3.08. The van der Waals surface area contributed by atoms with E-state index in [1.165, 1.54) is 11.3 Å². The lowest BCUT2D eigenvalue weighted by Crippen LogP contribution is -2.18. The van der Waals surface area contributed by atoms with Crippen LogP contribution in [0, 0.1) is 0 Å². The molecule has 0 aliphatic rings. The number of carboxylic acids is 1. The third kappa shape index (κ3) is 3.05. The van der Waals surface area contributed by atoms with Gasteiger partial charge >= 0.3 is 5.97 Å². The summed E-state index contributed by atoms with van der Waals surface area (Å²) in [4.78, 5) is 16.4. The summed E-state index contributed by atoms with van der Waals surface area (Å²) in [5, 5.41) is 9.84. The van der Waals surface area contributed by atoms with Gasteiger partial charge in [-0.15, -0.1) is 11.3 Å². The molecule has 20 heavy (non-hydrogen) atoms. The molecule has 1 aromatic heterocycles. The summed E-state index contributed by atoms with van der Waals surface area (Å²) in [6.07, 6.45) is -0.0261. The lowest BCUT2D eigenvalue weighted by molar-refractivity contribution is -0.136. The number of nitrogens with zero attached hydrogens (tertiary/aromatic N) is 1. The smallest absolute Gasteiger partial charge is 0.308 e. The van der Waals surface area contributed by atoms with E-state index in [1.807, 2.05) is 44.2 Å². The number of ether oxygens (including phenoxy) is 1. The second kappa shape index (κ2) is 5.73. The minimum Gasteiger partial charge on any atom is -0.481 e. The highest BCUT2D eigenvalue weighted by Crippen LogP contribution is 2.35. The largest absolute Gasteiger partial charge is 0.481 e. The van der Waals surface area contributed by atoms with Gasteiger partial charge in [-0.25, -0.2) is 4.98 Å². The lowest BCUT2D eigenvalue weighted by atomic mass is 10.1. The Morgan fingerprint density at radius 3 is 2.55 bits per heavy atom. The molecule has 1 aromatic carbocycles. The van der Waals surface area contributed by atoms with Crippen molar-refractivity contribution in [3.05, 3.63) is 40.2 Å². The molecule has 0 aliphatic heterocycles. The predicted octanol–water partition coefficient (Wildman–Crippen LogP) is 3.32. The van der Waals surface area contributed by atoms with Crippen molar-refractivity contribution in [1.29, 1.82) is 0 Å². The molecule has 0 atom stereocenters. The van der Waals surface area contributed by atoms with Gasteiger partial charge in [-0.1, -0.05) is 30.3 Å². The zero-order valence-electron chi connectivity index (χ0n) is 11.7. The number of aromatic nitrogens is 1. The van der Waals surface area contributed by atoms with E-state index in [9.17, 15) is 4.79 Å². The summed E-state index contributed by atoms with van der Waals surface area (Å²) in [5.41, 5.74) is 1.14. The standard InChI is InChI=1S/C15H17NO3S/c1-15(2,19-3)14-16-13(10-7-5-4-6-8-10)11(20-14)9-12(17)18/h4-8H,9H2,1-3H3,(H,17,18). The lowest BCUT2D eigenvalue weighted by Gasteiger charge is -2.19. The van der Waals surface area contributed by atoms with Crippen molar-refractivity contribution in [2.45, 2.75) is 25.9 Å². The van der Waals surface area contributed by atoms with Crippen LogP contribution in [0.15, 0.2) is 30.3 Å². The molecule has 0 saturated carbocycles. The van der Waals surface area contributed by atoms with E-state index >= 15 is 0 Å². The van der Waals surface area contributed by atoms with Crippen LogP contribution in [-0.4, -0.2) is 23.2 Å². The van der Waals surface area contributed by atoms with Gasteiger partial charge in [-0.2, -0.15) is 0 Å². The average Bonchev–Trinajstić information content (AvgIpc) is 2.83. The molecule has 0 amide bonds. The van der Waals surface area contributed by atoms with Gasteiger partial charge in [0.15, 0.2) is 0 Å². The van der Waals surface area contributed by atoms with Crippen LogP contribution in [0.1, 0.15) is 23.7 Å². The molecule has 0 unspecified atom stereocenters. The van der Waals surface area contributed by atoms with Gasteiger partial charge in [-0.3, -0.25) is 4.79 Å². The maximum Gasteiger partial charge on any atom is 0.308 e. The van der Waals surface area contributed by atoms with E-state index in [1.54, 1.807) is 7.11 Å². The highest BCUT2D eigenvalue weighted by atomic mass is 32.1. The molecule has 0 fully saturated rings. The molecular weight excluding hydrogens is 274 g/mol. The van der Waals surface area contributed by atoms with E-state index in [-0.39, 0.29) is 6.42 Å². The number of methoxy groups -OCH3 is 1. The van der Waals surface area contributed by atoms with Crippen LogP contribution in [0.5, 0.6) is 0 Å². The summed E-state index contributed by atoms with van der Waals surface area (Å²) in [6, 6.07) is 9.63. The van der Waals surface area contributed by atoms with Crippen LogP contribution < -0.4 is 0 Å². The molecule has 2 aromatic rings. The summed E-state index contributed by atoms with van der Waals surface area (Å²) < 4.78 is 5.43. The average molecular weight is 291 g/mol. The maximum atomic E-state index is 11.0. The van der Waals surface area contributed by atoms with Crippen molar-refractivity contribution in [1.82, 2.24) is 4.98 Å². The Labute approximate surface area is 122 Å². The zero-order valence-corrected chi connectivity index (χ0v) is 12.5. The van der Waals surface area contributed by atoms with Crippen LogP contribution in [0.4, 0.5) is 0 Å². The summed E-state index contributed by atoms with van der Waals surface area (Å²) in [6.45, 7) is 3.84. The second-order valence-electron chi connectivity index (χ2n) is 4.94. The molecule has 106 valence electrons. The van der Waals surface area contributed by atoms with Crippen molar-refractivity contribution in [2.75, 3.05) is 7.11 Å². The van der Waals surface area contributed by atoms with E-state index in [0.717, 1.165) is 21.1 Å². The Bertz CT molecular complexity index is 605. The van der Waals surface area contributed by atoms with Crippen molar-refractivity contribution >= 4 is 17.3 Å². The monoisotopic (exact) mass is 291 g/mol. The molecule has 1 N–H and O–H groups in total. The van der Waals surface area contributed by atoms with Crippen molar-refractivity contribution < 1.29 is 14.6 Å². The molecule has 0 aliphatic carbocycles. The normalized spacial score (nSPS) is 11.6. The van der Waals surface area contributed by atoms with Gasteiger partial charge in [-0.05, 0) is 13.8 Å². The van der Waals surface area contributed by atoms with E-state index in [2.05, 4.69) is 4.98 Å². The van der Waals surface area contributed by atoms with E-state index < -0.39 is 11.6 Å². The fourth-order valence-corrected chi connectivity index (χ4v) is 2.93. The van der Waals surface area contributed by atoms with Crippen LogP contribution >= 0.6 is 11.3 Å². The Hall–Kier alpha value is -1.72. The molecule has 0 radical (unpaired) electrons. The molecular formula is C15H17NO3S. The summed E-state index contributed by atoms with van der Waals surface area (Å²) in [5.74, 6) is -0.854. The molecule has 4 nitrogen and oxygen atoms in total. The van der Waals surface area contributed by atoms with Crippen molar-refractivity contribution in [3.8, 4) is 11.3 Å². The van der Waals surface area contributed by atoms with E-state index in [0.29, 0.717) is 0 Å². The quantitative estimate of drug-likeness (QED) is 0.918. The maximum absolute atomic E-state index is 11.0. The van der Waals surface area contributed by atoms with Gasteiger partial charge in [0, 0.05) is 17.6 Å². The first-order chi connectivity index (χ1) is 9.44. The third-order valence-corrected chi connectivity index (χ3v) is 4.44. The van der Waals surface area contributed by atoms with Gasteiger partial charge in [0.2, 0.25) is 0 Å². The zero-order chi connectivity index (χ0) is 14.8. The first-order valence-electron chi connectivity index (χ1n) is 6.26. The van der Waals surface area contributed by atoms with E-state index in [4.69, 9.17) is 9.84 Å². The Morgan fingerprint density at radius 2 is 2.00 bits per heavy atom. The number of rotatable bonds is 5. The van der Waals surface area contributed by atoms with Crippen LogP contribution in [-0.2, 0) is 21.6 Å². The molecule has 0 spiro atoms. The number of hydrogen-bond acceptors (Lipinski definition) is 4. The fourth-order valence-electron chi connectivity index (χ4n) is 1.78. The van der Waals surface area contributed by atoms with Crippen molar-refractivity contribution in [3.63, 3.8) is 0 Å². The number of hydrogen-bond donors (Lipinski definition) is 1. The van der Waals surface area contributed by atoms with Gasteiger partial charge < -0.3 is 9.84 Å². The number of carboxylic acid groups (broad SMARTS) is 1. The number of benzene rings is 1. The second-order valence-corrected chi connectivity index (χ2v) is 6.03. The minimum atomic E-state index is -0.854. The fraction of sp³-hybridized carbons (Fsp3) is 0.333. The number of carbonyl (C=O) groups is 1. The Kier molecular flexibility index (Phi) is 4.20. The van der Waals surface area contributed by atoms with Gasteiger partial charge in [0.1, 0.15) is 10.6 Å². The van der Waals surface area contributed by atoms with Crippen LogP contribution in [0.3, 0.4) is 0 Å². The van der Waals surface area contributed by atoms with Gasteiger partial charge in [0.05, 0.1) is 12.1 Å².